The van der Waals surface area contributed by atoms with Crippen LogP contribution in [0.3, 0.4) is 0 Å². The van der Waals surface area contributed by atoms with Gasteiger partial charge >= 0.3 is 5.97 Å². The van der Waals surface area contributed by atoms with Gasteiger partial charge in [-0.15, -0.1) is 0 Å². The number of methoxy groups -OCH3 is 1. The van der Waals surface area contributed by atoms with Gasteiger partial charge in [0.15, 0.2) is 0 Å². The number of carbonyl (C=O) groups is 2. The zero-order chi connectivity index (χ0) is 24.1. The summed E-state index contributed by atoms with van der Waals surface area (Å²) < 4.78 is 11.6. The minimum atomic E-state index is -1.05. The summed E-state index contributed by atoms with van der Waals surface area (Å²) >= 11 is 0. The summed E-state index contributed by atoms with van der Waals surface area (Å²) in [4.78, 5) is 26.2. The highest BCUT2D eigenvalue weighted by Gasteiger charge is 2.35. The van der Waals surface area contributed by atoms with Crippen LogP contribution < -0.4 is 9.47 Å². The first-order valence-corrected chi connectivity index (χ1v) is 11.4. The molecule has 1 heterocycles. The summed E-state index contributed by atoms with van der Waals surface area (Å²) in [5.74, 6) is 0.136. The van der Waals surface area contributed by atoms with Crippen LogP contribution in [0.4, 0.5) is 0 Å². The molecule has 0 radical (unpaired) electrons. The highest BCUT2D eigenvalue weighted by Crippen LogP contribution is 2.37. The van der Waals surface area contributed by atoms with E-state index in [9.17, 15) is 14.7 Å². The second-order valence-electron chi connectivity index (χ2n) is 8.90. The van der Waals surface area contributed by atoms with Gasteiger partial charge in [0.2, 0.25) is 0 Å². The Morgan fingerprint density at radius 3 is 2.53 bits per heavy atom. The molecule has 6 nitrogen and oxygen atoms in total. The molecule has 0 fully saturated rings. The summed E-state index contributed by atoms with van der Waals surface area (Å²) in [5, 5.41) is 9.40. The molecule has 0 aromatic heterocycles. The van der Waals surface area contributed by atoms with Crippen LogP contribution in [-0.2, 0) is 24.1 Å². The van der Waals surface area contributed by atoms with Crippen molar-refractivity contribution >= 4 is 11.9 Å². The molecular weight excluding hydrogens is 430 g/mol. The smallest absolute Gasteiger partial charge is 0.323 e. The number of rotatable bonds is 9. The van der Waals surface area contributed by atoms with Gasteiger partial charge in [-0.2, -0.15) is 0 Å². The molecule has 176 valence electrons. The highest BCUT2D eigenvalue weighted by atomic mass is 16.5. The molecule has 3 aromatic rings. The van der Waals surface area contributed by atoms with Crippen LogP contribution in [0.1, 0.15) is 34.0 Å². The lowest BCUT2D eigenvalue weighted by Crippen LogP contribution is -2.37. The third-order valence-corrected chi connectivity index (χ3v) is 6.11. The molecule has 0 saturated heterocycles. The van der Waals surface area contributed by atoms with Gasteiger partial charge in [-0.25, -0.2) is 0 Å². The molecule has 1 N–H and O–H groups in total. The minimum absolute atomic E-state index is 0.269. The zero-order valence-electron chi connectivity index (χ0n) is 19.5. The lowest BCUT2D eigenvalue weighted by molar-refractivity contribution is -0.137. The number of carbonyl (C=O) groups excluding carboxylic acids is 1. The maximum absolute atomic E-state index is 13.3. The molecule has 34 heavy (non-hydrogen) atoms. The Kier molecular flexibility index (Phi) is 6.87. The van der Waals surface area contributed by atoms with E-state index in [1.54, 1.807) is 13.2 Å². The van der Waals surface area contributed by atoms with Crippen LogP contribution in [0.5, 0.6) is 11.5 Å². The maximum atomic E-state index is 13.3. The maximum Gasteiger partial charge on any atom is 0.323 e. The second-order valence-corrected chi connectivity index (χ2v) is 8.90. The van der Waals surface area contributed by atoms with Crippen molar-refractivity contribution in [2.75, 3.05) is 20.2 Å². The number of carboxylic acids is 1. The molecule has 3 aromatic carbocycles. The quantitative estimate of drug-likeness (QED) is 0.513. The zero-order valence-corrected chi connectivity index (χ0v) is 19.5. The molecule has 1 aliphatic heterocycles. The number of benzene rings is 3. The van der Waals surface area contributed by atoms with E-state index >= 15 is 0 Å². The van der Waals surface area contributed by atoms with E-state index in [1.165, 1.54) is 10.5 Å². The summed E-state index contributed by atoms with van der Waals surface area (Å²) in [6.45, 7) is 1.98. The summed E-state index contributed by atoms with van der Waals surface area (Å²) in [6, 6.07) is 23.1. The average Bonchev–Trinajstić information content (AvgIpc) is 3.16. The first-order chi connectivity index (χ1) is 16.4. The predicted molar refractivity (Wildman–Crippen MR) is 130 cm³/mol. The standard InChI is InChI=1S/C28H29NO5/c1-28(17-20-8-4-3-5-9-20)18-23-16-22(12-13-25(23)34-28)27(32)29(19-26(30)31)15-14-21-10-6-7-11-24(21)33-2/h3-13,16H,14-15,17-19H2,1-2H3,(H,30,31). The molecular formula is C28H29NO5. The number of para-hydroxylation sites is 1. The summed E-state index contributed by atoms with van der Waals surface area (Å²) in [7, 11) is 1.59. The fraction of sp³-hybridized carbons (Fsp3) is 0.286. The average molecular weight is 460 g/mol. The van der Waals surface area contributed by atoms with Crippen molar-refractivity contribution in [2.24, 2.45) is 0 Å². The topological polar surface area (TPSA) is 76.1 Å². The third-order valence-electron chi connectivity index (χ3n) is 6.11. The van der Waals surface area contributed by atoms with Crippen molar-refractivity contribution in [3.05, 3.63) is 95.1 Å². The van der Waals surface area contributed by atoms with E-state index in [0.29, 0.717) is 18.4 Å². The number of hydrogen-bond donors (Lipinski definition) is 1. The number of amides is 1. The van der Waals surface area contributed by atoms with Gasteiger partial charge in [0.25, 0.3) is 5.91 Å². The third kappa shape index (κ3) is 5.39. The summed E-state index contributed by atoms with van der Waals surface area (Å²) in [5.41, 5.74) is 3.15. The van der Waals surface area contributed by atoms with Crippen LogP contribution in [-0.4, -0.2) is 47.7 Å². The van der Waals surface area contributed by atoms with Gasteiger partial charge in [-0.3, -0.25) is 9.59 Å². The Balaban J connectivity index is 1.49. The van der Waals surface area contributed by atoms with E-state index < -0.39 is 11.6 Å². The fourth-order valence-electron chi connectivity index (χ4n) is 4.54. The van der Waals surface area contributed by atoms with Crippen LogP contribution in [0.15, 0.2) is 72.8 Å². The van der Waals surface area contributed by atoms with Crippen molar-refractivity contribution in [2.45, 2.75) is 31.8 Å². The lowest BCUT2D eigenvalue weighted by Gasteiger charge is -2.24. The van der Waals surface area contributed by atoms with Crippen molar-refractivity contribution < 1.29 is 24.2 Å². The Hall–Kier alpha value is -3.80. The number of hydrogen-bond acceptors (Lipinski definition) is 4. The van der Waals surface area contributed by atoms with E-state index in [-0.39, 0.29) is 19.0 Å². The van der Waals surface area contributed by atoms with Crippen molar-refractivity contribution in [3.8, 4) is 11.5 Å². The Labute approximate surface area is 199 Å². The normalized spacial score (nSPS) is 16.4. The molecule has 1 atom stereocenters. The van der Waals surface area contributed by atoms with E-state index in [2.05, 4.69) is 19.1 Å². The van der Waals surface area contributed by atoms with Gasteiger partial charge in [0.05, 0.1) is 7.11 Å². The largest absolute Gasteiger partial charge is 0.496 e. The SMILES string of the molecule is COc1ccccc1CCN(CC(=O)O)C(=O)c1ccc2c(c1)CC(C)(Cc1ccccc1)O2. The molecule has 1 unspecified atom stereocenters. The number of aliphatic carboxylic acids is 1. The van der Waals surface area contributed by atoms with Crippen LogP contribution in [0.25, 0.3) is 0 Å². The molecule has 0 aliphatic carbocycles. The molecule has 0 bridgehead atoms. The van der Waals surface area contributed by atoms with Gasteiger partial charge in [0, 0.05) is 24.9 Å². The Morgan fingerprint density at radius 2 is 1.79 bits per heavy atom. The highest BCUT2D eigenvalue weighted by molar-refractivity contribution is 5.96. The number of fused-ring (bicyclic) bond motifs is 1. The monoisotopic (exact) mass is 459 g/mol. The molecule has 1 aliphatic rings. The van der Waals surface area contributed by atoms with E-state index in [1.807, 2.05) is 54.6 Å². The fourth-order valence-corrected chi connectivity index (χ4v) is 4.54. The van der Waals surface area contributed by atoms with Crippen molar-refractivity contribution in [1.82, 2.24) is 4.90 Å². The van der Waals surface area contributed by atoms with Gasteiger partial charge in [-0.1, -0.05) is 48.5 Å². The Morgan fingerprint density at radius 1 is 1.06 bits per heavy atom. The predicted octanol–water partition coefficient (Wildman–Crippen LogP) is 4.40. The van der Waals surface area contributed by atoms with E-state index in [4.69, 9.17) is 9.47 Å². The van der Waals surface area contributed by atoms with Crippen molar-refractivity contribution in [1.29, 1.82) is 0 Å². The molecule has 1 amide bonds. The number of ether oxygens (including phenoxy) is 2. The summed E-state index contributed by atoms with van der Waals surface area (Å²) in [6.07, 6.45) is 1.93. The van der Waals surface area contributed by atoms with Crippen molar-refractivity contribution in [3.63, 3.8) is 0 Å². The van der Waals surface area contributed by atoms with Crippen LogP contribution >= 0.6 is 0 Å². The minimum Gasteiger partial charge on any atom is -0.496 e. The van der Waals surface area contributed by atoms with Crippen LogP contribution in [0.2, 0.25) is 0 Å². The number of carboxylic acid groups (broad SMARTS) is 1. The number of nitrogens with zero attached hydrogens (tertiary/aromatic N) is 1. The lowest BCUT2D eigenvalue weighted by atomic mass is 9.91. The van der Waals surface area contributed by atoms with Crippen LogP contribution in [0, 0.1) is 0 Å². The van der Waals surface area contributed by atoms with Gasteiger partial charge in [-0.05, 0) is 54.3 Å². The van der Waals surface area contributed by atoms with E-state index in [0.717, 1.165) is 29.0 Å². The molecule has 0 spiro atoms. The first-order valence-electron chi connectivity index (χ1n) is 11.4. The molecule has 4 rings (SSSR count). The second kappa shape index (κ2) is 10.00. The molecule has 6 heteroatoms. The Bertz CT molecular complexity index is 1180. The van der Waals surface area contributed by atoms with Gasteiger partial charge < -0.3 is 19.5 Å². The first kappa shape index (κ1) is 23.4. The van der Waals surface area contributed by atoms with Gasteiger partial charge in [0.1, 0.15) is 23.6 Å². The molecule has 0 saturated carbocycles.